The molecule has 0 saturated heterocycles. The van der Waals surface area contributed by atoms with E-state index in [-0.39, 0.29) is 5.82 Å². The van der Waals surface area contributed by atoms with Crippen LogP contribution in [-0.4, -0.2) is 13.1 Å². The van der Waals surface area contributed by atoms with E-state index in [1.54, 1.807) is 6.07 Å². The van der Waals surface area contributed by atoms with E-state index < -0.39 is 0 Å². The van der Waals surface area contributed by atoms with Crippen LogP contribution in [0.2, 0.25) is 0 Å². The zero-order valence-electron chi connectivity index (χ0n) is 10.3. The first-order valence-electron chi connectivity index (χ1n) is 6.33. The standard InChI is InChI=1S/C14H19ClFN/c1-2-5-17(10-11-3-4-11)14-7-12(9-15)6-13(16)8-14/h6-8,11H,2-5,9-10H2,1H3. The number of halogens is 2. The number of rotatable bonds is 6. The van der Waals surface area contributed by atoms with Gasteiger partial charge in [-0.1, -0.05) is 6.92 Å². The van der Waals surface area contributed by atoms with Crippen molar-refractivity contribution >= 4 is 17.3 Å². The SMILES string of the molecule is CCCN(CC1CC1)c1cc(F)cc(CCl)c1. The van der Waals surface area contributed by atoms with Crippen LogP contribution in [0.4, 0.5) is 10.1 Å². The van der Waals surface area contributed by atoms with Gasteiger partial charge in [0.05, 0.1) is 0 Å². The first-order valence-corrected chi connectivity index (χ1v) is 6.86. The Morgan fingerprint density at radius 2 is 2.12 bits per heavy atom. The number of hydrogen-bond donors (Lipinski definition) is 0. The molecule has 1 aliphatic carbocycles. The lowest BCUT2D eigenvalue weighted by atomic mass is 10.2. The minimum absolute atomic E-state index is 0.185. The van der Waals surface area contributed by atoms with Crippen molar-refractivity contribution in [3.63, 3.8) is 0 Å². The molecule has 1 saturated carbocycles. The molecule has 0 amide bonds. The molecule has 0 spiro atoms. The fraction of sp³-hybridized carbons (Fsp3) is 0.571. The molecule has 1 fully saturated rings. The minimum atomic E-state index is -0.185. The molecule has 2 rings (SSSR count). The van der Waals surface area contributed by atoms with Crippen molar-refractivity contribution in [1.29, 1.82) is 0 Å². The summed E-state index contributed by atoms with van der Waals surface area (Å²) in [4.78, 5) is 2.29. The van der Waals surface area contributed by atoms with Crippen LogP contribution in [0.1, 0.15) is 31.7 Å². The number of hydrogen-bond acceptors (Lipinski definition) is 1. The highest BCUT2D eigenvalue weighted by Crippen LogP contribution is 2.32. The molecule has 0 bridgehead atoms. The van der Waals surface area contributed by atoms with Crippen LogP contribution in [0.3, 0.4) is 0 Å². The lowest BCUT2D eigenvalue weighted by Gasteiger charge is -2.25. The Bertz CT molecular complexity index is 376. The zero-order chi connectivity index (χ0) is 12.3. The third kappa shape index (κ3) is 3.60. The van der Waals surface area contributed by atoms with Gasteiger partial charge in [0.2, 0.25) is 0 Å². The van der Waals surface area contributed by atoms with Crippen molar-refractivity contribution in [2.24, 2.45) is 5.92 Å². The highest BCUT2D eigenvalue weighted by Gasteiger charge is 2.24. The van der Waals surface area contributed by atoms with Gasteiger partial charge in [-0.05, 0) is 48.9 Å². The van der Waals surface area contributed by atoms with E-state index in [4.69, 9.17) is 11.6 Å². The molecular weight excluding hydrogens is 237 g/mol. The van der Waals surface area contributed by atoms with Gasteiger partial charge in [0, 0.05) is 24.7 Å². The van der Waals surface area contributed by atoms with Gasteiger partial charge in [-0.15, -0.1) is 11.6 Å². The molecule has 0 aromatic heterocycles. The topological polar surface area (TPSA) is 3.24 Å². The van der Waals surface area contributed by atoms with Gasteiger partial charge in [0.25, 0.3) is 0 Å². The second kappa shape index (κ2) is 5.72. The maximum Gasteiger partial charge on any atom is 0.125 e. The Kier molecular flexibility index (Phi) is 4.27. The second-order valence-corrected chi connectivity index (χ2v) is 5.11. The van der Waals surface area contributed by atoms with E-state index in [9.17, 15) is 4.39 Å². The Morgan fingerprint density at radius 3 is 2.71 bits per heavy atom. The molecule has 1 nitrogen and oxygen atoms in total. The van der Waals surface area contributed by atoms with Gasteiger partial charge in [-0.3, -0.25) is 0 Å². The Hall–Kier alpha value is -0.760. The summed E-state index contributed by atoms with van der Waals surface area (Å²) in [5.74, 6) is 0.994. The molecule has 0 unspecified atom stereocenters. The van der Waals surface area contributed by atoms with E-state index in [0.717, 1.165) is 36.7 Å². The van der Waals surface area contributed by atoms with Crippen molar-refractivity contribution in [2.75, 3.05) is 18.0 Å². The van der Waals surface area contributed by atoms with E-state index in [0.29, 0.717) is 5.88 Å². The molecule has 94 valence electrons. The highest BCUT2D eigenvalue weighted by atomic mass is 35.5. The summed E-state index contributed by atoms with van der Waals surface area (Å²) in [7, 11) is 0. The number of benzene rings is 1. The Balaban J connectivity index is 2.17. The first-order chi connectivity index (χ1) is 8.22. The summed E-state index contributed by atoms with van der Waals surface area (Å²) in [5, 5.41) is 0. The average Bonchev–Trinajstić information content (AvgIpc) is 3.11. The van der Waals surface area contributed by atoms with E-state index in [1.165, 1.54) is 18.9 Å². The van der Waals surface area contributed by atoms with Crippen molar-refractivity contribution in [1.82, 2.24) is 0 Å². The molecule has 0 radical (unpaired) electrons. The predicted octanol–water partition coefficient (Wildman–Crippen LogP) is 4.19. The highest BCUT2D eigenvalue weighted by molar-refractivity contribution is 6.17. The summed E-state index contributed by atoms with van der Waals surface area (Å²) in [5.41, 5.74) is 1.84. The van der Waals surface area contributed by atoms with Crippen LogP contribution in [0.25, 0.3) is 0 Å². The van der Waals surface area contributed by atoms with Crippen LogP contribution in [-0.2, 0) is 5.88 Å². The van der Waals surface area contributed by atoms with Gasteiger partial charge in [0.1, 0.15) is 5.82 Å². The summed E-state index contributed by atoms with van der Waals surface area (Å²) in [6.07, 6.45) is 3.72. The van der Waals surface area contributed by atoms with Gasteiger partial charge in [-0.25, -0.2) is 4.39 Å². The normalized spacial score (nSPS) is 15.0. The maximum absolute atomic E-state index is 13.5. The van der Waals surface area contributed by atoms with Gasteiger partial charge in [-0.2, -0.15) is 0 Å². The second-order valence-electron chi connectivity index (χ2n) is 4.84. The van der Waals surface area contributed by atoms with Crippen LogP contribution in [0.15, 0.2) is 18.2 Å². The molecule has 17 heavy (non-hydrogen) atoms. The fourth-order valence-corrected chi connectivity index (χ4v) is 2.26. The molecule has 0 heterocycles. The molecular formula is C14H19ClFN. The molecule has 0 N–H and O–H groups in total. The molecule has 1 aromatic rings. The third-order valence-corrected chi connectivity index (χ3v) is 3.44. The van der Waals surface area contributed by atoms with Crippen LogP contribution >= 0.6 is 11.6 Å². The number of anilines is 1. The molecule has 3 heteroatoms. The third-order valence-electron chi connectivity index (χ3n) is 3.13. The maximum atomic E-state index is 13.5. The summed E-state index contributed by atoms with van der Waals surface area (Å²) in [6.45, 7) is 4.20. The average molecular weight is 256 g/mol. The Morgan fingerprint density at radius 1 is 1.35 bits per heavy atom. The fourth-order valence-electron chi connectivity index (χ4n) is 2.10. The monoisotopic (exact) mass is 255 g/mol. The molecule has 1 aromatic carbocycles. The van der Waals surface area contributed by atoms with E-state index >= 15 is 0 Å². The molecule has 1 aliphatic rings. The zero-order valence-corrected chi connectivity index (χ0v) is 11.0. The number of nitrogens with zero attached hydrogens (tertiary/aromatic N) is 1. The molecule has 0 aliphatic heterocycles. The molecule has 0 atom stereocenters. The Labute approximate surface area is 108 Å². The van der Waals surface area contributed by atoms with Crippen LogP contribution < -0.4 is 4.90 Å². The minimum Gasteiger partial charge on any atom is -0.371 e. The van der Waals surface area contributed by atoms with Crippen LogP contribution in [0.5, 0.6) is 0 Å². The largest absolute Gasteiger partial charge is 0.371 e. The quantitative estimate of drug-likeness (QED) is 0.689. The van der Waals surface area contributed by atoms with Crippen molar-refractivity contribution in [3.8, 4) is 0 Å². The van der Waals surface area contributed by atoms with Gasteiger partial charge in [0.15, 0.2) is 0 Å². The smallest absolute Gasteiger partial charge is 0.125 e. The van der Waals surface area contributed by atoms with E-state index in [1.807, 2.05) is 6.07 Å². The predicted molar refractivity (Wildman–Crippen MR) is 71.2 cm³/mol. The van der Waals surface area contributed by atoms with Gasteiger partial charge >= 0.3 is 0 Å². The summed E-state index contributed by atoms with van der Waals surface area (Å²) >= 11 is 5.79. The number of alkyl halides is 1. The van der Waals surface area contributed by atoms with Crippen molar-refractivity contribution in [2.45, 2.75) is 32.1 Å². The lowest BCUT2D eigenvalue weighted by Crippen LogP contribution is -2.26. The van der Waals surface area contributed by atoms with Gasteiger partial charge < -0.3 is 4.90 Å². The van der Waals surface area contributed by atoms with E-state index in [2.05, 4.69) is 11.8 Å². The van der Waals surface area contributed by atoms with Crippen LogP contribution in [0, 0.1) is 11.7 Å². The van der Waals surface area contributed by atoms with Crippen molar-refractivity contribution < 1.29 is 4.39 Å². The lowest BCUT2D eigenvalue weighted by molar-refractivity contribution is 0.623. The summed E-state index contributed by atoms with van der Waals surface area (Å²) < 4.78 is 13.5. The van der Waals surface area contributed by atoms with Crippen molar-refractivity contribution in [3.05, 3.63) is 29.6 Å². The first kappa shape index (κ1) is 12.7. The summed E-state index contributed by atoms with van der Waals surface area (Å²) in [6, 6.07) is 5.14.